The van der Waals surface area contributed by atoms with Crippen molar-refractivity contribution < 1.29 is 4.79 Å². The quantitative estimate of drug-likeness (QED) is 0.803. The van der Waals surface area contributed by atoms with Crippen LogP contribution in [0.1, 0.15) is 40.4 Å². The Morgan fingerprint density at radius 2 is 1.91 bits per heavy atom. The fourth-order valence-electron chi connectivity index (χ4n) is 2.98. The highest BCUT2D eigenvalue weighted by Gasteiger charge is 2.30. The number of nitrogens with zero attached hydrogens (tertiary/aromatic N) is 2. The van der Waals surface area contributed by atoms with Crippen LogP contribution in [0, 0.1) is 0 Å². The van der Waals surface area contributed by atoms with Gasteiger partial charge in [0.1, 0.15) is 0 Å². The number of amides is 1. The maximum absolute atomic E-state index is 11.8. The molecule has 0 spiro atoms. The molecule has 4 rings (SSSR count). The molecule has 1 saturated carbocycles. The Morgan fingerprint density at radius 1 is 1.14 bits per heavy atom. The van der Waals surface area contributed by atoms with E-state index in [9.17, 15) is 4.79 Å². The Labute approximate surface area is 128 Å². The number of hydrogen-bond donors (Lipinski definition) is 1. The van der Waals surface area contributed by atoms with Crippen molar-refractivity contribution in [3.8, 4) is 0 Å². The number of carbonyl (C=O) groups is 1. The van der Waals surface area contributed by atoms with E-state index in [2.05, 4.69) is 12.1 Å². The van der Waals surface area contributed by atoms with Gasteiger partial charge < -0.3 is 5.73 Å². The summed E-state index contributed by atoms with van der Waals surface area (Å²) in [5.41, 5.74) is 9.35. The van der Waals surface area contributed by atoms with Crippen molar-refractivity contribution in [3.63, 3.8) is 0 Å². The zero-order chi connectivity index (χ0) is 15.1. The summed E-state index contributed by atoms with van der Waals surface area (Å²) in [6.45, 7) is 0.701. The molecule has 1 aromatic heterocycles. The number of nitrogens with two attached hydrogens (primary N) is 1. The number of carbonyl (C=O) groups excluding carboxylic acids is 1. The van der Waals surface area contributed by atoms with Crippen molar-refractivity contribution in [2.24, 2.45) is 5.73 Å². The Balaban J connectivity index is 1.89. The first-order chi connectivity index (χ1) is 10.7. The Morgan fingerprint density at radius 3 is 2.59 bits per heavy atom. The molecule has 1 amide bonds. The molecule has 0 radical (unpaired) electrons. The first kappa shape index (κ1) is 13.1. The van der Waals surface area contributed by atoms with Crippen molar-refractivity contribution in [2.75, 3.05) is 0 Å². The highest BCUT2D eigenvalue weighted by Crippen LogP contribution is 2.43. The average Bonchev–Trinajstić information content (AvgIpc) is 3.31. The summed E-state index contributed by atoms with van der Waals surface area (Å²) in [6, 6.07) is 15.9. The number of fused-ring (bicyclic) bond motifs is 1. The van der Waals surface area contributed by atoms with E-state index in [1.165, 1.54) is 5.56 Å². The maximum Gasteiger partial charge on any atom is 0.249 e. The molecule has 110 valence electrons. The van der Waals surface area contributed by atoms with E-state index in [4.69, 9.17) is 10.8 Å². The van der Waals surface area contributed by atoms with Crippen molar-refractivity contribution in [3.05, 3.63) is 65.4 Å². The summed E-state index contributed by atoms with van der Waals surface area (Å²) in [4.78, 5) is 11.8. The van der Waals surface area contributed by atoms with Crippen molar-refractivity contribution >= 4 is 16.8 Å². The molecule has 4 nitrogen and oxygen atoms in total. The normalized spacial score (nSPS) is 14.4. The van der Waals surface area contributed by atoms with Crippen LogP contribution in [0.15, 0.2) is 48.5 Å². The lowest BCUT2D eigenvalue weighted by atomic mass is 10.1. The second-order valence-corrected chi connectivity index (χ2v) is 5.87. The van der Waals surface area contributed by atoms with Gasteiger partial charge in [-0.3, -0.25) is 9.48 Å². The molecule has 1 fully saturated rings. The number of benzene rings is 2. The van der Waals surface area contributed by atoms with Gasteiger partial charge in [-0.2, -0.15) is 5.10 Å². The van der Waals surface area contributed by atoms with Crippen LogP contribution >= 0.6 is 0 Å². The van der Waals surface area contributed by atoms with Gasteiger partial charge in [0.15, 0.2) is 0 Å². The smallest absolute Gasteiger partial charge is 0.249 e. The van der Waals surface area contributed by atoms with Gasteiger partial charge in [0.05, 0.1) is 23.3 Å². The minimum absolute atomic E-state index is 0.383. The molecule has 2 aromatic carbocycles. The van der Waals surface area contributed by atoms with E-state index in [0.29, 0.717) is 18.0 Å². The standard InChI is InChI=1S/C18H17N3O/c19-18(22)14-7-4-8-15-16(14)17(13-9-10-13)20-21(15)11-12-5-2-1-3-6-12/h1-8,13H,9-11H2,(H2,19,22). The van der Waals surface area contributed by atoms with Gasteiger partial charge in [-0.05, 0) is 30.5 Å². The molecule has 0 saturated heterocycles. The van der Waals surface area contributed by atoms with Crippen LogP contribution < -0.4 is 5.73 Å². The zero-order valence-corrected chi connectivity index (χ0v) is 12.2. The highest BCUT2D eigenvalue weighted by molar-refractivity contribution is 6.06. The third-order valence-electron chi connectivity index (χ3n) is 4.21. The summed E-state index contributed by atoms with van der Waals surface area (Å²) in [6.07, 6.45) is 2.29. The third-order valence-corrected chi connectivity index (χ3v) is 4.21. The van der Waals surface area contributed by atoms with Crippen molar-refractivity contribution in [1.82, 2.24) is 9.78 Å². The average molecular weight is 291 g/mol. The second kappa shape index (κ2) is 4.98. The molecule has 1 heterocycles. The topological polar surface area (TPSA) is 60.9 Å². The molecule has 4 heteroatoms. The van der Waals surface area contributed by atoms with E-state index in [-0.39, 0.29) is 5.91 Å². The third kappa shape index (κ3) is 2.17. The monoisotopic (exact) mass is 291 g/mol. The molecule has 0 bridgehead atoms. The zero-order valence-electron chi connectivity index (χ0n) is 12.2. The van der Waals surface area contributed by atoms with E-state index >= 15 is 0 Å². The first-order valence-electron chi connectivity index (χ1n) is 7.57. The van der Waals surface area contributed by atoms with Crippen molar-refractivity contribution in [2.45, 2.75) is 25.3 Å². The van der Waals surface area contributed by atoms with Crippen LogP contribution in [0.4, 0.5) is 0 Å². The van der Waals surface area contributed by atoms with Crippen LogP contribution in [0.3, 0.4) is 0 Å². The SMILES string of the molecule is NC(=O)c1cccc2c1c(C1CC1)nn2Cc1ccccc1. The number of hydrogen-bond acceptors (Lipinski definition) is 2. The van der Waals surface area contributed by atoms with Crippen LogP contribution in [-0.4, -0.2) is 15.7 Å². The van der Waals surface area contributed by atoms with Gasteiger partial charge in [-0.1, -0.05) is 36.4 Å². The predicted molar refractivity (Wildman–Crippen MR) is 85.8 cm³/mol. The molecule has 22 heavy (non-hydrogen) atoms. The number of rotatable bonds is 4. The minimum Gasteiger partial charge on any atom is -0.366 e. The fraction of sp³-hybridized carbons (Fsp3) is 0.222. The lowest BCUT2D eigenvalue weighted by Crippen LogP contribution is -2.11. The fourth-order valence-corrected chi connectivity index (χ4v) is 2.98. The van der Waals surface area contributed by atoms with Gasteiger partial charge >= 0.3 is 0 Å². The van der Waals surface area contributed by atoms with Crippen LogP contribution in [0.5, 0.6) is 0 Å². The van der Waals surface area contributed by atoms with E-state index in [1.807, 2.05) is 35.0 Å². The Hall–Kier alpha value is -2.62. The molecule has 0 unspecified atom stereocenters. The second-order valence-electron chi connectivity index (χ2n) is 5.87. The van der Waals surface area contributed by atoms with Gasteiger partial charge in [0.25, 0.3) is 0 Å². The maximum atomic E-state index is 11.8. The summed E-state index contributed by atoms with van der Waals surface area (Å²) in [5, 5.41) is 5.74. The van der Waals surface area contributed by atoms with Gasteiger partial charge in [0.2, 0.25) is 5.91 Å². The lowest BCUT2D eigenvalue weighted by Gasteiger charge is -2.04. The molecule has 0 atom stereocenters. The Kier molecular flexibility index (Phi) is 2.96. The molecule has 2 N–H and O–H groups in total. The summed E-state index contributed by atoms with van der Waals surface area (Å²) >= 11 is 0. The molecule has 3 aromatic rings. The van der Waals surface area contributed by atoms with Crippen molar-refractivity contribution in [1.29, 1.82) is 0 Å². The minimum atomic E-state index is -0.383. The van der Waals surface area contributed by atoms with Gasteiger partial charge in [0, 0.05) is 11.3 Å². The van der Waals surface area contributed by atoms with Crippen LogP contribution in [-0.2, 0) is 6.54 Å². The molecule has 1 aliphatic rings. The lowest BCUT2D eigenvalue weighted by molar-refractivity contribution is 0.100. The van der Waals surface area contributed by atoms with Gasteiger partial charge in [-0.25, -0.2) is 0 Å². The van der Waals surface area contributed by atoms with E-state index in [0.717, 1.165) is 29.4 Å². The predicted octanol–water partition coefficient (Wildman–Crippen LogP) is 3.06. The van der Waals surface area contributed by atoms with E-state index in [1.54, 1.807) is 6.07 Å². The van der Waals surface area contributed by atoms with Crippen LogP contribution in [0.2, 0.25) is 0 Å². The number of primary amides is 1. The largest absolute Gasteiger partial charge is 0.366 e. The summed E-state index contributed by atoms with van der Waals surface area (Å²) in [7, 11) is 0. The molecular weight excluding hydrogens is 274 g/mol. The number of aromatic nitrogens is 2. The summed E-state index contributed by atoms with van der Waals surface area (Å²) in [5.74, 6) is 0.0896. The first-order valence-corrected chi connectivity index (χ1v) is 7.57. The molecular formula is C18H17N3O. The van der Waals surface area contributed by atoms with Gasteiger partial charge in [-0.15, -0.1) is 0 Å². The Bertz CT molecular complexity index is 847. The molecule has 0 aliphatic heterocycles. The van der Waals surface area contributed by atoms with Crippen LogP contribution in [0.25, 0.3) is 10.9 Å². The summed E-state index contributed by atoms with van der Waals surface area (Å²) < 4.78 is 1.99. The highest BCUT2D eigenvalue weighted by atomic mass is 16.1. The molecule has 1 aliphatic carbocycles. The van der Waals surface area contributed by atoms with E-state index < -0.39 is 0 Å².